The Balaban J connectivity index is 3.81. The summed E-state index contributed by atoms with van der Waals surface area (Å²) < 4.78 is 5.21. The van der Waals surface area contributed by atoms with Crippen LogP contribution in [0, 0.1) is 5.92 Å². The van der Waals surface area contributed by atoms with Crippen molar-refractivity contribution in [1.82, 2.24) is 10.6 Å². The Morgan fingerprint density at radius 1 is 1.37 bits per heavy atom. The van der Waals surface area contributed by atoms with Gasteiger partial charge in [0.1, 0.15) is 6.04 Å². The van der Waals surface area contributed by atoms with Crippen LogP contribution in [0.5, 0.6) is 0 Å². The molecule has 0 aliphatic heterocycles. The average Bonchev–Trinajstić information content (AvgIpc) is 2.32. The molecule has 0 aliphatic carbocycles. The van der Waals surface area contributed by atoms with Gasteiger partial charge < -0.3 is 20.5 Å². The zero-order valence-electron chi connectivity index (χ0n) is 11.6. The highest BCUT2D eigenvalue weighted by molar-refractivity contribution is 5.82. The molecule has 0 aromatic carbocycles. The van der Waals surface area contributed by atoms with Crippen LogP contribution in [0.3, 0.4) is 0 Å². The number of carboxylic acids is 1. The van der Waals surface area contributed by atoms with Gasteiger partial charge in [-0.25, -0.2) is 9.59 Å². The predicted molar refractivity (Wildman–Crippen MR) is 73.0 cm³/mol. The minimum atomic E-state index is -1.02. The normalized spacial score (nSPS) is 11.9. The third kappa shape index (κ3) is 10.1. The molecule has 0 aromatic heterocycles. The zero-order valence-corrected chi connectivity index (χ0v) is 11.6. The second-order valence-corrected chi connectivity index (χ2v) is 4.61. The molecule has 0 heterocycles. The van der Waals surface area contributed by atoms with Gasteiger partial charge in [-0.2, -0.15) is 0 Å². The van der Waals surface area contributed by atoms with Crippen molar-refractivity contribution < 1.29 is 19.4 Å². The van der Waals surface area contributed by atoms with E-state index in [0.717, 1.165) is 6.42 Å². The van der Waals surface area contributed by atoms with Crippen molar-refractivity contribution in [3.63, 3.8) is 0 Å². The van der Waals surface area contributed by atoms with Crippen LogP contribution in [0.1, 0.15) is 26.7 Å². The van der Waals surface area contributed by atoms with Crippen LogP contribution in [0.4, 0.5) is 4.79 Å². The van der Waals surface area contributed by atoms with Crippen LogP contribution in [0.15, 0.2) is 12.7 Å². The molecule has 0 rings (SSSR count). The summed E-state index contributed by atoms with van der Waals surface area (Å²) in [7, 11) is 0. The van der Waals surface area contributed by atoms with E-state index in [1.165, 1.54) is 0 Å². The fraction of sp³-hybridized carbons (Fsp3) is 0.692. The molecule has 0 radical (unpaired) electrons. The largest absolute Gasteiger partial charge is 0.480 e. The van der Waals surface area contributed by atoms with E-state index in [1.54, 1.807) is 6.08 Å². The molecule has 19 heavy (non-hydrogen) atoms. The Morgan fingerprint density at radius 3 is 2.58 bits per heavy atom. The fourth-order valence-electron chi connectivity index (χ4n) is 1.41. The summed E-state index contributed by atoms with van der Waals surface area (Å²) in [5.41, 5.74) is 0. The van der Waals surface area contributed by atoms with E-state index in [0.29, 0.717) is 26.2 Å². The summed E-state index contributed by atoms with van der Waals surface area (Å²) in [6.07, 6.45) is 2.92. The minimum absolute atomic E-state index is 0.198. The molecule has 6 nitrogen and oxygen atoms in total. The lowest BCUT2D eigenvalue weighted by molar-refractivity contribution is -0.139. The Kier molecular flexibility index (Phi) is 9.52. The molecule has 6 heteroatoms. The first kappa shape index (κ1) is 17.4. The number of nitrogens with one attached hydrogen (secondary N) is 2. The monoisotopic (exact) mass is 272 g/mol. The lowest BCUT2D eigenvalue weighted by atomic mass is 10.0. The van der Waals surface area contributed by atoms with Crippen molar-refractivity contribution in [3.05, 3.63) is 12.7 Å². The van der Waals surface area contributed by atoms with Crippen molar-refractivity contribution in [2.45, 2.75) is 32.7 Å². The van der Waals surface area contributed by atoms with E-state index in [9.17, 15) is 9.59 Å². The lowest BCUT2D eigenvalue weighted by Gasteiger charge is -2.16. The van der Waals surface area contributed by atoms with E-state index in [2.05, 4.69) is 17.2 Å². The number of hydrogen-bond donors (Lipinski definition) is 3. The maximum Gasteiger partial charge on any atom is 0.326 e. The third-order valence-electron chi connectivity index (χ3n) is 2.31. The molecule has 2 amide bonds. The van der Waals surface area contributed by atoms with Crippen LogP contribution < -0.4 is 10.6 Å². The second kappa shape index (κ2) is 10.4. The van der Waals surface area contributed by atoms with E-state index >= 15 is 0 Å². The van der Waals surface area contributed by atoms with E-state index in [-0.39, 0.29) is 5.92 Å². The number of hydrogen-bond acceptors (Lipinski definition) is 3. The fourth-order valence-corrected chi connectivity index (χ4v) is 1.41. The van der Waals surface area contributed by atoms with Crippen molar-refractivity contribution in [2.75, 3.05) is 19.8 Å². The molecule has 0 aromatic rings. The molecule has 0 spiro atoms. The minimum Gasteiger partial charge on any atom is -0.480 e. The molecule has 0 fully saturated rings. The Morgan fingerprint density at radius 2 is 2.05 bits per heavy atom. The number of ether oxygens (including phenoxy) is 1. The number of aliphatic carboxylic acids is 1. The zero-order chi connectivity index (χ0) is 14.7. The van der Waals surface area contributed by atoms with Gasteiger partial charge in [-0.15, -0.1) is 6.58 Å². The smallest absolute Gasteiger partial charge is 0.326 e. The second-order valence-electron chi connectivity index (χ2n) is 4.61. The van der Waals surface area contributed by atoms with Gasteiger partial charge in [0.05, 0.1) is 13.2 Å². The molecular weight excluding hydrogens is 248 g/mol. The number of carbonyl (C=O) groups excluding carboxylic acids is 1. The maximum atomic E-state index is 11.5. The average molecular weight is 272 g/mol. The molecule has 1 atom stereocenters. The van der Waals surface area contributed by atoms with Crippen LogP contribution in [-0.4, -0.2) is 42.9 Å². The van der Waals surface area contributed by atoms with Crippen molar-refractivity contribution in [1.29, 1.82) is 0 Å². The van der Waals surface area contributed by atoms with Crippen LogP contribution >= 0.6 is 0 Å². The first-order chi connectivity index (χ1) is 8.97. The summed E-state index contributed by atoms with van der Waals surface area (Å²) >= 11 is 0. The first-order valence-corrected chi connectivity index (χ1v) is 6.43. The molecule has 110 valence electrons. The van der Waals surface area contributed by atoms with Crippen LogP contribution in [0.2, 0.25) is 0 Å². The summed E-state index contributed by atoms with van der Waals surface area (Å²) in [5.74, 6) is -0.824. The van der Waals surface area contributed by atoms with Crippen molar-refractivity contribution in [2.24, 2.45) is 5.92 Å². The van der Waals surface area contributed by atoms with E-state index < -0.39 is 18.0 Å². The van der Waals surface area contributed by atoms with Gasteiger partial charge in [-0.05, 0) is 18.8 Å². The number of amides is 2. The summed E-state index contributed by atoms with van der Waals surface area (Å²) in [6.45, 7) is 8.68. The van der Waals surface area contributed by atoms with Gasteiger partial charge in [0, 0.05) is 6.54 Å². The SMILES string of the molecule is C=CCCOCCNC(=O)N[C@@H](CC(C)C)C(=O)O. The number of carbonyl (C=O) groups is 2. The van der Waals surface area contributed by atoms with Gasteiger partial charge in [0.25, 0.3) is 0 Å². The number of rotatable bonds is 10. The number of urea groups is 1. The Hall–Kier alpha value is -1.56. The standard InChI is InChI=1S/C13H24N2O4/c1-4-5-7-19-8-6-14-13(18)15-11(12(16)17)9-10(2)3/h4,10-11H,1,5-9H2,2-3H3,(H,16,17)(H2,14,15,18)/t11-/m0/s1. The summed E-state index contributed by atoms with van der Waals surface area (Å²) in [5, 5.41) is 13.9. The van der Waals surface area contributed by atoms with Gasteiger partial charge in [0.15, 0.2) is 0 Å². The Bertz CT molecular complexity index is 292. The van der Waals surface area contributed by atoms with Gasteiger partial charge in [-0.3, -0.25) is 0 Å². The number of carboxylic acid groups (broad SMARTS) is 1. The highest BCUT2D eigenvalue weighted by atomic mass is 16.5. The first-order valence-electron chi connectivity index (χ1n) is 6.43. The summed E-state index contributed by atoms with van der Waals surface area (Å²) in [6, 6.07) is -1.35. The van der Waals surface area contributed by atoms with Gasteiger partial charge in [-0.1, -0.05) is 19.9 Å². The highest BCUT2D eigenvalue weighted by Crippen LogP contribution is 2.04. The maximum absolute atomic E-state index is 11.5. The van der Waals surface area contributed by atoms with E-state index in [4.69, 9.17) is 9.84 Å². The quantitative estimate of drug-likeness (QED) is 0.414. The van der Waals surface area contributed by atoms with Crippen molar-refractivity contribution >= 4 is 12.0 Å². The highest BCUT2D eigenvalue weighted by Gasteiger charge is 2.20. The molecule has 0 saturated carbocycles. The molecule has 0 bridgehead atoms. The van der Waals surface area contributed by atoms with Crippen molar-refractivity contribution in [3.8, 4) is 0 Å². The molecule has 0 unspecified atom stereocenters. The van der Waals surface area contributed by atoms with Gasteiger partial charge >= 0.3 is 12.0 Å². The topological polar surface area (TPSA) is 87.7 Å². The lowest BCUT2D eigenvalue weighted by Crippen LogP contribution is -2.47. The molecule has 0 aliphatic rings. The van der Waals surface area contributed by atoms with Crippen LogP contribution in [0.25, 0.3) is 0 Å². The Labute approximate surface area is 114 Å². The summed E-state index contributed by atoms with van der Waals surface area (Å²) in [4.78, 5) is 22.4. The molecular formula is C13H24N2O4. The molecule has 0 saturated heterocycles. The predicted octanol–water partition coefficient (Wildman–Crippen LogP) is 1.38. The third-order valence-corrected chi connectivity index (χ3v) is 2.31. The van der Waals surface area contributed by atoms with Gasteiger partial charge in [0.2, 0.25) is 0 Å². The molecule has 3 N–H and O–H groups in total. The van der Waals surface area contributed by atoms with Crippen LogP contribution in [-0.2, 0) is 9.53 Å². The van der Waals surface area contributed by atoms with E-state index in [1.807, 2.05) is 13.8 Å².